The minimum Gasteiger partial charge on any atom is -0.396 e. The molecular formula is C7H16N2O2. The number of amides is 1. The highest BCUT2D eigenvalue weighted by Crippen LogP contribution is 1.76. The van der Waals surface area contributed by atoms with Crippen molar-refractivity contribution in [3.8, 4) is 0 Å². The number of carbonyl (C=O) groups excluding carboxylic acids is 1. The van der Waals surface area contributed by atoms with Gasteiger partial charge in [0.15, 0.2) is 0 Å². The van der Waals surface area contributed by atoms with Gasteiger partial charge in [-0.1, -0.05) is 0 Å². The molecule has 0 aliphatic rings. The lowest BCUT2D eigenvalue weighted by atomic mass is 10.4. The highest BCUT2D eigenvalue weighted by molar-refractivity contribution is 5.77. The van der Waals surface area contributed by atoms with Crippen LogP contribution < -0.4 is 5.32 Å². The summed E-state index contributed by atoms with van der Waals surface area (Å²) in [6, 6.07) is 0. The van der Waals surface area contributed by atoms with E-state index >= 15 is 0 Å². The predicted octanol–water partition coefficient (Wildman–Crippen LogP) is -0.953. The molecule has 0 radical (unpaired) electrons. The van der Waals surface area contributed by atoms with E-state index in [0.29, 0.717) is 19.5 Å². The van der Waals surface area contributed by atoms with Crippen LogP contribution in [0.2, 0.25) is 0 Å². The van der Waals surface area contributed by atoms with Gasteiger partial charge in [0.2, 0.25) is 5.91 Å². The van der Waals surface area contributed by atoms with Crippen LogP contribution >= 0.6 is 0 Å². The molecule has 0 rings (SSSR count). The van der Waals surface area contributed by atoms with E-state index in [4.69, 9.17) is 5.11 Å². The smallest absolute Gasteiger partial charge is 0.236 e. The zero-order chi connectivity index (χ0) is 8.69. The maximum absolute atomic E-state index is 10.9. The molecule has 0 saturated heterocycles. The maximum Gasteiger partial charge on any atom is 0.236 e. The summed E-state index contributed by atoms with van der Waals surface area (Å²) in [5.41, 5.74) is 0. The molecule has 0 spiro atoms. The van der Waals surface area contributed by atoms with E-state index in [1.165, 1.54) is 4.90 Å². The fraction of sp³-hybridized carbons (Fsp3) is 0.857. The minimum absolute atomic E-state index is 0.0583. The average molecular weight is 160 g/mol. The summed E-state index contributed by atoms with van der Waals surface area (Å²) in [6.07, 6.45) is 0.695. The molecule has 1 amide bonds. The Kier molecular flexibility index (Phi) is 5.78. The summed E-state index contributed by atoms with van der Waals surface area (Å²) in [5, 5.41) is 11.3. The number of likely N-dealkylation sites (N-methyl/N-ethyl adjacent to an activating group) is 1. The van der Waals surface area contributed by atoms with Gasteiger partial charge < -0.3 is 15.3 Å². The number of hydrogen-bond acceptors (Lipinski definition) is 3. The van der Waals surface area contributed by atoms with Gasteiger partial charge in [0.1, 0.15) is 0 Å². The van der Waals surface area contributed by atoms with Gasteiger partial charge in [-0.2, -0.15) is 0 Å². The van der Waals surface area contributed by atoms with E-state index < -0.39 is 0 Å². The van der Waals surface area contributed by atoms with Crippen LogP contribution in [0.25, 0.3) is 0 Å². The Morgan fingerprint density at radius 3 is 2.64 bits per heavy atom. The van der Waals surface area contributed by atoms with Crippen molar-refractivity contribution in [1.29, 1.82) is 0 Å². The third-order valence-electron chi connectivity index (χ3n) is 1.29. The van der Waals surface area contributed by atoms with Crippen molar-refractivity contribution in [3.05, 3.63) is 0 Å². The Bertz CT molecular complexity index is 115. The van der Waals surface area contributed by atoms with E-state index in [1.807, 2.05) is 0 Å². The first-order valence-corrected chi connectivity index (χ1v) is 3.70. The molecule has 0 saturated carbocycles. The minimum atomic E-state index is 0.0583. The summed E-state index contributed by atoms with van der Waals surface area (Å²) < 4.78 is 0. The van der Waals surface area contributed by atoms with E-state index in [9.17, 15) is 4.79 Å². The molecule has 0 atom stereocenters. The molecule has 0 aromatic carbocycles. The molecular weight excluding hydrogens is 144 g/mol. The van der Waals surface area contributed by atoms with E-state index in [1.54, 1.807) is 14.1 Å². The van der Waals surface area contributed by atoms with Crippen molar-refractivity contribution < 1.29 is 9.90 Å². The second kappa shape index (κ2) is 6.12. The topological polar surface area (TPSA) is 52.6 Å². The van der Waals surface area contributed by atoms with Crippen LogP contribution in [-0.4, -0.2) is 49.7 Å². The lowest BCUT2D eigenvalue weighted by molar-refractivity contribution is -0.127. The van der Waals surface area contributed by atoms with Crippen LogP contribution in [0.1, 0.15) is 6.42 Å². The third kappa shape index (κ3) is 5.82. The lowest BCUT2D eigenvalue weighted by Gasteiger charge is -2.10. The Hall–Kier alpha value is -0.610. The number of hydrogen-bond donors (Lipinski definition) is 2. The summed E-state index contributed by atoms with van der Waals surface area (Å²) in [7, 11) is 3.44. The van der Waals surface area contributed by atoms with Gasteiger partial charge in [0.05, 0.1) is 6.54 Å². The number of aliphatic hydroxyl groups is 1. The zero-order valence-corrected chi connectivity index (χ0v) is 7.13. The standard InChI is InChI=1S/C7H16N2O2/c1-9(2)7(11)6-8-4-3-5-10/h8,10H,3-6H2,1-2H3. The summed E-state index contributed by atoms with van der Waals surface area (Å²) in [6.45, 7) is 1.21. The Labute approximate surface area is 67.2 Å². The van der Waals surface area contributed by atoms with Crippen molar-refractivity contribution in [1.82, 2.24) is 10.2 Å². The van der Waals surface area contributed by atoms with Crippen LogP contribution in [0.4, 0.5) is 0 Å². The Balaban J connectivity index is 3.18. The number of rotatable bonds is 5. The molecule has 4 heteroatoms. The Morgan fingerprint density at radius 2 is 2.18 bits per heavy atom. The zero-order valence-electron chi connectivity index (χ0n) is 7.13. The van der Waals surface area contributed by atoms with E-state index in [0.717, 1.165) is 0 Å². The number of aliphatic hydroxyl groups excluding tert-OH is 1. The first kappa shape index (κ1) is 10.4. The van der Waals surface area contributed by atoms with Crippen LogP contribution in [-0.2, 0) is 4.79 Å². The molecule has 0 aromatic heterocycles. The number of carbonyl (C=O) groups is 1. The van der Waals surface area contributed by atoms with Crippen LogP contribution in [0, 0.1) is 0 Å². The predicted molar refractivity (Wildman–Crippen MR) is 43.3 cm³/mol. The van der Waals surface area contributed by atoms with Gasteiger partial charge in [-0.3, -0.25) is 4.79 Å². The largest absolute Gasteiger partial charge is 0.396 e. The van der Waals surface area contributed by atoms with Crippen molar-refractivity contribution in [2.24, 2.45) is 0 Å². The van der Waals surface area contributed by atoms with Crippen molar-refractivity contribution in [2.45, 2.75) is 6.42 Å². The SMILES string of the molecule is CN(C)C(=O)CNCCCO. The number of nitrogens with zero attached hydrogens (tertiary/aromatic N) is 1. The quantitative estimate of drug-likeness (QED) is 0.510. The van der Waals surface area contributed by atoms with Gasteiger partial charge in [-0.05, 0) is 13.0 Å². The van der Waals surface area contributed by atoms with Crippen LogP contribution in [0.15, 0.2) is 0 Å². The molecule has 11 heavy (non-hydrogen) atoms. The fourth-order valence-corrected chi connectivity index (χ4v) is 0.557. The second-order valence-electron chi connectivity index (χ2n) is 2.54. The van der Waals surface area contributed by atoms with Gasteiger partial charge >= 0.3 is 0 Å². The molecule has 2 N–H and O–H groups in total. The molecule has 0 heterocycles. The molecule has 0 aliphatic heterocycles. The molecule has 0 fully saturated rings. The third-order valence-corrected chi connectivity index (χ3v) is 1.29. The first-order chi connectivity index (χ1) is 5.18. The molecule has 4 nitrogen and oxygen atoms in total. The highest BCUT2D eigenvalue weighted by atomic mass is 16.3. The Morgan fingerprint density at radius 1 is 1.55 bits per heavy atom. The maximum atomic E-state index is 10.9. The van der Waals surface area contributed by atoms with E-state index in [2.05, 4.69) is 5.32 Å². The van der Waals surface area contributed by atoms with Crippen LogP contribution in [0.5, 0.6) is 0 Å². The molecule has 0 unspecified atom stereocenters. The van der Waals surface area contributed by atoms with Gasteiger partial charge in [0, 0.05) is 20.7 Å². The van der Waals surface area contributed by atoms with Crippen molar-refractivity contribution in [3.63, 3.8) is 0 Å². The van der Waals surface area contributed by atoms with Crippen molar-refractivity contribution in [2.75, 3.05) is 33.8 Å². The summed E-state index contributed by atoms with van der Waals surface area (Å²) in [5.74, 6) is 0.0583. The average Bonchev–Trinajstić information content (AvgIpc) is 1.97. The first-order valence-electron chi connectivity index (χ1n) is 3.70. The number of nitrogens with one attached hydrogen (secondary N) is 1. The molecule has 0 aromatic rings. The van der Waals surface area contributed by atoms with E-state index in [-0.39, 0.29) is 12.5 Å². The highest BCUT2D eigenvalue weighted by Gasteiger charge is 2.00. The summed E-state index contributed by atoms with van der Waals surface area (Å²) in [4.78, 5) is 12.4. The van der Waals surface area contributed by atoms with Crippen LogP contribution in [0.3, 0.4) is 0 Å². The molecule has 0 aliphatic carbocycles. The van der Waals surface area contributed by atoms with Crippen molar-refractivity contribution >= 4 is 5.91 Å². The monoisotopic (exact) mass is 160 g/mol. The van der Waals surface area contributed by atoms with Gasteiger partial charge in [-0.25, -0.2) is 0 Å². The normalized spacial score (nSPS) is 9.73. The molecule has 66 valence electrons. The fourth-order valence-electron chi connectivity index (χ4n) is 0.557. The molecule has 0 bridgehead atoms. The van der Waals surface area contributed by atoms with Gasteiger partial charge in [0.25, 0.3) is 0 Å². The summed E-state index contributed by atoms with van der Waals surface area (Å²) >= 11 is 0. The van der Waals surface area contributed by atoms with Gasteiger partial charge in [-0.15, -0.1) is 0 Å². The second-order valence-corrected chi connectivity index (χ2v) is 2.54. The lowest BCUT2D eigenvalue weighted by Crippen LogP contribution is -2.33.